The summed E-state index contributed by atoms with van der Waals surface area (Å²) in [7, 11) is 0. The van der Waals surface area contributed by atoms with Gasteiger partial charge in [-0.25, -0.2) is 4.39 Å². The van der Waals surface area contributed by atoms with E-state index < -0.39 is 6.04 Å². The average molecular weight is 442 g/mol. The van der Waals surface area contributed by atoms with E-state index >= 15 is 0 Å². The lowest BCUT2D eigenvalue weighted by atomic mass is 10.0. The number of halogens is 1. The van der Waals surface area contributed by atoms with Crippen LogP contribution in [0.1, 0.15) is 43.5 Å². The first-order valence-corrected chi connectivity index (χ1v) is 11.1. The molecular formula is C25H32FN3O3. The number of morpholine rings is 1. The molecule has 2 atom stereocenters. The van der Waals surface area contributed by atoms with E-state index in [0.29, 0.717) is 39.3 Å². The number of carbonyl (C=O) groups excluding carboxylic acids is 2. The predicted molar refractivity (Wildman–Crippen MR) is 121 cm³/mol. The quantitative estimate of drug-likeness (QED) is 0.627. The van der Waals surface area contributed by atoms with Crippen LogP contribution in [0.2, 0.25) is 0 Å². The van der Waals surface area contributed by atoms with E-state index in [4.69, 9.17) is 4.74 Å². The molecule has 0 aliphatic carbocycles. The molecule has 0 spiro atoms. The molecule has 32 heavy (non-hydrogen) atoms. The SMILES string of the molecule is CC(C)CC(=O)NC(C(=O)NCC(c1cccc(F)c1)N1CCOCC1)c1ccccc1. The standard InChI is InChI=1S/C25H32FN3O3/c1-18(2)15-23(30)28-24(19-7-4-3-5-8-19)25(31)27-17-22(29-11-13-32-14-12-29)20-9-6-10-21(26)16-20/h3-10,16,18,22,24H,11-15,17H2,1-2H3,(H,27,31)(H,28,30). The number of rotatable bonds is 9. The second-order valence-corrected chi connectivity index (χ2v) is 8.47. The van der Waals surface area contributed by atoms with Crippen LogP contribution in [0.3, 0.4) is 0 Å². The summed E-state index contributed by atoms with van der Waals surface area (Å²) in [6.07, 6.45) is 0.344. The predicted octanol–water partition coefficient (Wildman–Crippen LogP) is 3.22. The second kappa shape index (κ2) is 11.7. The van der Waals surface area contributed by atoms with Gasteiger partial charge < -0.3 is 15.4 Å². The highest BCUT2D eigenvalue weighted by Crippen LogP contribution is 2.23. The summed E-state index contributed by atoms with van der Waals surface area (Å²) < 4.78 is 19.4. The Kier molecular flexibility index (Phi) is 8.76. The fraction of sp³-hybridized carbons (Fsp3) is 0.440. The van der Waals surface area contributed by atoms with Gasteiger partial charge in [-0.15, -0.1) is 0 Å². The number of carbonyl (C=O) groups is 2. The van der Waals surface area contributed by atoms with Crippen molar-refractivity contribution < 1.29 is 18.7 Å². The molecule has 2 N–H and O–H groups in total. The average Bonchev–Trinajstić information content (AvgIpc) is 2.78. The number of nitrogens with one attached hydrogen (secondary N) is 2. The monoisotopic (exact) mass is 441 g/mol. The highest BCUT2D eigenvalue weighted by atomic mass is 19.1. The fourth-order valence-electron chi connectivity index (χ4n) is 3.90. The topological polar surface area (TPSA) is 70.7 Å². The van der Waals surface area contributed by atoms with Gasteiger partial charge in [-0.05, 0) is 29.2 Å². The van der Waals surface area contributed by atoms with Gasteiger partial charge in [0.05, 0.1) is 19.3 Å². The summed E-state index contributed by atoms with van der Waals surface area (Å²) in [5.41, 5.74) is 1.52. The maximum atomic E-state index is 13.9. The molecule has 7 heteroatoms. The van der Waals surface area contributed by atoms with Crippen LogP contribution in [0.15, 0.2) is 54.6 Å². The van der Waals surface area contributed by atoms with Gasteiger partial charge in [0, 0.05) is 26.1 Å². The zero-order valence-electron chi connectivity index (χ0n) is 18.7. The summed E-state index contributed by atoms with van der Waals surface area (Å²) in [4.78, 5) is 27.8. The molecule has 3 rings (SSSR count). The van der Waals surface area contributed by atoms with Crippen LogP contribution in [0.25, 0.3) is 0 Å². The number of hydrogen-bond acceptors (Lipinski definition) is 4. The van der Waals surface area contributed by atoms with Gasteiger partial charge in [0.2, 0.25) is 11.8 Å². The maximum Gasteiger partial charge on any atom is 0.247 e. The Labute approximate surface area is 189 Å². The van der Waals surface area contributed by atoms with Gasteiger partial charge in [0.25, 0.3) is 0 Å². The molecule has 2 aromatic carbocycles. The molecule has 2 aromatic rings. The van der Waals surface area contributed by atoms with Crippen molar-refractivity contribution in [2.24, 2.45) is 5.92 Å². The minimum absolute atomic E-state index is 0.168. The van der Waals surface area contributed by atoms with Crippen LogP contribution in [0.4, 0.5) is 4.39 Å². The Hall–Kier alpha value is -2.77. The van der Waals surface area contributed by atoms with Crippen LogP contribution in [-0.2, 0) is 14.3 Å². The Morgan fingerprint density at radius 3 is 2.38 bits per heavy atom. The van der Waals surface area contributed by atoms with Crippen molar-refractivity contribution in [1.29, 1.82) is 0 Å². The van der Waals surface area contributed by atoms with Crippen molar-refractivity contribution in [2.45, 2.75) is 32.4 Å². The van der Waals surface area contributed by atoms with E-state index in [-0.39, 0.29) is 29.6 Å². The molecule has 1 fully saturated rings. The minimum atomic E-state index is -0.791. The van der Waals surface area contributed by atoms with Crippen molar-refractivity contribution in [3.05, 3.63) is 71.5 Å². The largest absolute Gasteiger partial charge is 0.379 e. The van der Waals surface area contributed by atoms with Crippen molar-refractivity contribution in [3.63, 3.8) is 0 Å². The van der Waals surface area contributed by atoms with Gasteiger partial charge in [0.1, 0.15) is 11.9 Å². The lowest BCUT2D eigenvalue weighted by molar-refractivity contribution is -0.129. The molecule has 1 aliphatic rings. The Bertz CT molecular complexity index is 885. The van der Waals surface area contributed by atoms with E-state index in [0.717, 1.165) is 11.1 Å². The van der Waals surface area contributed by atoms with Gasteiger partial charge in [-0.3, -0.25) is 14.5 Å². The van der Waals surface area contributed by atoms with Crippen LogP contribution < -0.4 is 10.6 Å². The number of hydrogen-bond donors (Lipinski definition) is 2. The number of ether oxygens (including phenoxy) is 1. The molecule has 0 radical (unpaired) electrons. The van der Waals surface area contributed by atoms with E-state index in [1.54, 1.807) is 6.07 Å². The van der Waals surface area contributed by atoms with Gasteiger partial charge >= 0.3 is 0 Å². The molecule has 2 amide bonds. The van der Waals surface area contributed by atoms with Crippen molar-refractivity contribution in [3.8, 4) is 0 Å². The normalized spacial score (nSPS) is 16.4. The van der Waals surface area contributed by atoms with E-state index in [1.807, 2.05) is 50.2 Å². The lowest BCUT2D eigenvalue weighted by Crippen LogP contribution is -2.46. The molecule has 0 aromatic heterocycles. The Balaban J connectivity index is 1.76. The summed E-state index contributed by atoms with van der Waals surface area (Å²) in [5.74, 6) is -0.579. The van der Waals surface area contributed by atoms with Crippen LogP contribution in [0, 0.1) is 11.7 Å². The van der Waals surface area contributed by atoms with Crippen molar-refractivity contribution >= 4 is 11.8 Å². The third-order valence-corrected chi connectivity index (χ3v) is 5.48. The maximum absolute atomic E-state index is 13.9. The smallest absolute Gasteiger partial charge is 0.247 e. The highest BCUT2D eigenvalue weighted by Gasteiger charge is 2.27. The number of benzene rings is 2. The van der Waals surface area contributed by atoms with E-state index in [1.165, 1.54) is 12.1 Å². The first kappa shape index (κ1) is 23.9. The molecule has 6 nitrogen and oxygen atoms in total. The molecule has 0 bridgehead atoms. The highest BCUT2D eigenvalue weighted by molar-refractivity contribution is 5.88. The third kappa shape index (κ3) is 6.87. The lowest BCUT2D eigenvalue weighted by Gasteiger charge is -2.35. The second-order valence-electron chi connectivity index (χ2n) is 8.47. The summed E-state index contributed by atoms with van der Waals surface area (Å²) in [6.45, 7) is 6.81. The van der Waals surface area contributed by atoms with Gasteiger partial charge in [-0.2, -0.15) is 0 Å². The van der Waals surface area contributed by atoms with Gasteiger partial charge in [0.15, 0.2) is 0 Å². The zero-order chi connectivity index (χ0) is 22.9. The summed E-state index contributed by atoms with van der Waals surface area (Å²) >= 11 is 0. The molecule has 0 saturated carbocycles. The number of amides is 2. The molecule has 2 unspecified atom stereocenters. The van der Waals surface area contributed by atoms with Crippen LogP contribution in [0.5, 0.6) is 0 Å². The molecule has 1 saturated heterocycles. The molecule has 1 heterocycles. The summed E-state index contributed by atoms with van der Waals surface area (Å²) in [6, 6.07) is 14.7. The first-order chi connectivity index (χ1) is 15.4. The molecule has 172 valence electrons. The minimum Gasteiger partial charge on any atom is -0.379 e. The number of nitrogens with zero attached hydrogens (tertiary/aromatic N) is 1. The Morgan fingerprint density at radius 2 is 1.72 bits per heavy atom. The summed E-state index contributed by atoms with van der Waals surface area (Å²) in [5, 5.41) is 5.87. The van der Waals surface area contributed by atoms with Crippen molar-refractivity contribution in [1.82, 2.24) is 15.5 Å². The van der Waals surface area contributed by atoms with Crippen molar-refractivity contribution in [2.75, 3.05) is 32.8 Å². The molecule has 1 aliphatic heterocycles. The van der Waals surface area contributed by atoms with Crippen LogP contribution in [-0.4, -0.2) is 49.6 Å². The first-order valence-electron chi connectivity index (χ1n) is 11.1. The fourth-order valence-corrected chi connectivity index (χ4v) is 3.90. The van der Waals surface area contributed by atoms with Gasteiger partial charge in [-0.1, -0.05) is 56.3 Å². The van der Waals surface area contributed by atoms with Crippen LogP contribution >= 0.6 is 0 Å². The Morgan fingerprint density at radius 1 is 1.03 bits per heavy atom. The third-order valence-electron chi connectivity index (χ3n) is 5.48. The van der Waals surface area contributed by atoms with E-state index in [9.17, 15) is 14.0 Å². The molecular weight excluding hydrogens is 409 g/mol. The van der Waals surface area contributed by atoms with E-state index in [2.05, 4.69) is 15.5 Å². The zero-order valence-corrected chi connectivity index (χ0v) is 18.7.